The van der Waals surface area contributed by atoms with Gasteiger partial charge in [0, 0.05) is 34.7 Å². The lowest BCUT2D eigenvalue weighted by Gasteiger charge is -2.47. The van der Waals surface area contributed by atoms with Crippen LogP contribution >= 0.6 is 34.8 Å². The molecule has 560 valence electrons. The van der Waals surface area contributed by atoms with Crippen molar-refractivity contribution >= 4 is 82.2 Å². The number of rotatable bonds is 12. The highest BCUT2D eigenvalue weighted by molar-refractivity contribution is 6.37. The third-order valence-electron chi connectivity index (χ3n) is 18.3. The fourth-order valence-electron chi connectivity index (χ4n) is 12.9. The number of amides is 6. The number of halogens is 3. The van der Waals surface area contributed by atoms with E-state index in [4.69, 9.17) is 69.0 Å². The number of benzene rings is 4. The molecular weight excluding hydrogens is 1440 g/mol. The zero-order valence-corrected chi connectivity index (χ0v) is 58.2. The summed E-state index contributed by atoms with van der Waals surface area (Å²) in [6.07, 6.45) is -16.6. The molecule has 6 amide bonds. The van der Waals surface area contributed by atoms with E-state index >= 15 is 9.59 Å². The van der Waals surface area contributed by atoms with Crippen LogP contribution in [0.15, 0.2) is 89.2 Å². The van der Waals surface area contributed by atoms with Gasteiger partial charge >= 0.3 is 11.9 Å². The van der Waals surface area contributed by atoms with Gasteiger partial charge in [0.25, 0.3) is 0 Å². The van der Waals surface area contributed by atoms with Gasteiger partial charge in [0.15, 0.2) is 35.7 Å². The molecule has 0 aromatic heterocycles. The summed E-state index contributed by atoms with van der Waals surface area (Å²) < 4.78 is 38.5. The molecule has 11 bridgehead atoms. The minimum absolute atomic E-state index is 0.106. The number of aliphatic hydroxyl groups excluding tert-OH is 6. The molecule has 0 spiro atoms. The van der Waals surface area contributed by atoms with E-state index in [9.17, 15) is 84.9 Å². The van der Waals surface area contributed by atoms with Gasteiger partial charge in [-0.2, -0.15) is 0 Å². The summed E-state index contributed by atoms with van der Waals surface area (Å²) in [5.74, 6) is -16.2. The second-order valence-electron chi connectivity index (χ2n) is 26.5. The van der Waals surface area contributed by atoms with Crippen molar-refractivity contribution in [2.75, 3.05) is 13.7 Å². The van der Waals surface area contributed by atoms with Crippen molar-refractivity contribution in [1.82, 2.24) is 37.2 Å². The number of nitrogens with one attached hydrogen (secondary N) is 7. The van der Waals surface area contributed by atoms with Crippen LogP contribution in [-0.4, -0.2) is 202 Å². The number of aromatic hydroxyl groups is 3. The molecule has 33 nitrogen and oxygen atoms in total. The van der Waals surface area contributed by atoms with Crippen LogP contribution in [0.3, 0.4) is 0 Å². The molecule has 20 N–H and O–H groups in total. The monoisotopic (exact) mass is 1510 g/mol. The molecule has 2 fully saturated rings. The van der Waals surface area contributed by atoms with Gasteiger partial charge in [0.1, 0.15) is 77.7 Å². The highest BCUT2D eigenvalue weighted by atomic mass is 35.5. The van der Waals surface area contributed by atoms with E-state index in [-0.39, 0.29) is 53.2 Å². The zero-order valence-electron chi connectivity index (χ0n) is 55.9. The van der Waals surface area contributed by atoms with Crippen molar-refractivity contribution in [3.8, 4) is 51.4 Å². The lowest BCUT2D eigenvalue weighted by atomic mass is 9.86. The summed E-state index contributed by atoms with van der Waals surface area (Å²) >= 11 is 21.4. The lowest BCUT2D eigenvalue weighted by molar-refractivity contribution is -0.333. The second-order valence-corrected chi connectivity index (χ2v) is 27.7. The first-order valence-electron chi connectivity index (χ1n) is 32.6. The van der Waals surface area contributed by atoms with Gasteiger partial charge < -0.3 is 128 Å². The third-order valence-corrected chi connectivity index (χ3v) is 19.1. The number of aliphatic carboxylic acids is 2. The zero-order chi connectivity index (χ0) is 75.8. The largest absolute Gasteiger partial charge is 0.508 e. The summed E-state index contributed by atoms with van der Waals surface area (Å²) in [5.41, 5.74) is 2.49. The Hall–Kier alpha value is -8.91. The Morgan fingerprint density at radius 3 is 2.09 bits per heavy atom. The quantitative estimate of drug-likeness (QED) is 0.0951. The van der Waals surface area contributed by atoms with Crippen molar-refractivity contribution in [3.05, 3.63) is 121 Å². The molecule has 0 saturated carbocycles. The van der Waals surface area contributed by atoms with E-state index in [0.29, 0.717) is 0 Å². The van der Waals surface area contributed by atoms with E-state index in [1.54, 1.807) is 0 Å². The van der Waals surface area contributed by atoms with Crippen molar-refractivity contribution in [2.24, 2.45) is 11.7 Å². The Kier molecular flexibility index (Phi) is 23.8. The summed E-state index contributed by atoms with van der Waals surface area (Å²) in [6.45, 7) is 5.62. The van der Waals surface area contributed by atoms with Crippen LogP contribution in [0, 0.1) is 5.92 Å². The molecule has 0 radical (unpaired) electrons. The molecule has 1 aliphatic carbocycles. The molecule has 4 aromatic rings. The van der Waals surface area contributed by atoms with Crippen LogP contribution in [0.4, 0.5) is 0 Å². The number of likely N-dealkylation sites (N-methyl/N-ethyl adjacent to an activating group) is 1. The first-order chi connectivity index (χ1) is 49.1. The molecule has 2 saturated heterocycles. The van der Waals surface area contributed by atoms with Crippen LogP contribution in [-0.2, 0) is 52.6 Å². The normalized spacial score (nSPS) is 30.0. The number of nitrogens with two attached hydrogens (primary N) is 1. The second kappa shape index (κ2) is 31.8. The highest BCUT2D eigenvalue weighted by Crippen LogP contribution is 2.50. The predicted octanol–water partition coefficient (Wildman–Crippen LogP) is 1.35. The standard InChI is InChI=1S/C68H77Cl3N8O25/c1-24(2)11-37(73-5)61(91)78-52-54(87)29-14-34(70)57(35(71)15-29)101-43-17-28-16-42(58(43)104-67-59(56(89)55(88)44(23-80)102-67)103-47-22-68(4,72)60(90)25(3)99-47)100-41-8-6-7-27(13-33(41)69)53(86)51-64(94)77-50(66(97)98)32-18-30(81)19-40(83)48(32)31-12-26(9-10-39(31)82)49(62(92)79-51)76-46(85)20-36(28)74-45(84)21-38(65(95)96)75-63(52)93/h7-10,12-19,24-25,36-38,44,47,49-56,59-60,67,73,80-83,86-90H,6,11,20-23,72H2,1-5H3,(H,74,84)(H,75,93)(H,76,85)(H,77,94)(H,78,91)(H,79,92)(H,95,96)(H,97,98)/t25-,36+,37-,38+,44+,47-,49-,50-,51+,52-,53-,54-,55-,56+,59+,60-,67+,68+/m1/s1. The Bertz CT molecular complexity index is 4130. The number of carboxylic acid groups (broad SMARTS) is 2. The average Bonchev–Trinajstić information content (AvgIpc) is 0.845. The Labute approximate surface area is 606 Å². The van der Waals surface area contributed by atoms with Gasteiger partial charge in [0.05, 0.1) is 58.8 Å². The molecule has 7 aliphatic rings. The number of carbonyl (C=O) groups excluding carboxylic acids is 6. The fourth-order valence-corrected chi connectivity index (χ4v) is 13.7. The summed E-state index contributed by atoms with van der Waals surface area (Å²) in [4.78, 5) is 116. The molecule has 36 heteroatoms. The Morgan fingerprint density at radius 1 is 0.760 bits per heavy atom. The molecule has 104 heavy (non-hydrogen) atoms. The van der Waals surface area contributed by atoms with E-state index in [0.717, 1.165) is 60.7 Å². The SMILES string of the molecule is CN[C@H](CC(C)C)C(=O)N[C@H]1C(=O)N[C@H](C(=O)O)CC(=O)N[C@H]2CC(=O)N[C@H]3C(=O)N[C@H](C(=O)N[C@@H](C(=O)O)c4cc(O)cc(O)c4-c4cc3ccc4O)[C@H](O)C3=CCC=C(Oc4cc2cc(c4O[C@@H]2O[C@@H](CO)[C@@H](O)[C@H](O)[C@@H]2O[C@@H]2C[C@](C)(N)[C@H](O)[C@@H](C)O2)Oc2c(Cl)cc(cc2Cl)[C@H]1O)C(Cl)=C3. The Balaban J connectivity index is 1.22. The fraction of sp³-hybridized carbons (Fsp3) is 0.441. The summed E-state index contributed by atoms with van der Waals surface area (Å²) in [6, 6.07) is -4.62. The molecule has 0 unspecified atom stereocenters. The molecule has 18 atom stereocenters. The summed E-state index contributed by atoms with van der Waals surface area (Å²) in [5, 5.41) is 141. The van der Waals surface area contributed by atoms with Crippen LogP contribution < -0.4 is 57.2 Å². The van der Waals surface area contributed by atoms with Crippen LogP contribution in [0.5, 0.6) is 40.2 Å². The number of hydrogen-bond donors (Lipinski definition) is 19. The minimum Gasteiger partial charge on any atom is -0.508 e. The van der Waals surface area contributed by atoms with Crippen LogP contribution in [0.2, 0.25) is 10.0 Å². The predicted molar refractivity (Wildman–Crippen MR) is 362 cm³/mol. The number of allylic oxidation sites excluding steroid dienone is 3. The average molecular weight is 1510 g/mol. The number of ether oxygens (including phenoxy) is 6. The van der Waals surface area contributed by atoms with Crippen molar-refractivity contribution in [3.63, 3.8) is 0 Å². The van der Waals surface area contributed by atoms with E-state index < -0.39 is 248 Å². The van der Waals surface area contributed by atoms with Crippen molar-refractivity contribution in [1.29, 1.82) is 0 Å². The van der Waals surface area contributed by atoms with Gasteiger partial charge in [-0.05, 0) is 117 Å². The summed E-state index contributed by atoms with van der Waals surface area (Å²) in [7, 11) is 1.46. The number of hydrogen-bond acceptors (Lipinski definition) is 25. The van der Waals surface area contributed by atoms with Gasteiger partial charge in [-0.3, -0.25) is 28.8 Å². The lowest BCUT2D eigenvalue weighted by Crippen LogP contribution is -2.64. The number of carboxylic acids is 2. The first-order valence-corrected chi connectivity index (χ1v) is 33.8. The molecule has 6 heterocycles. The van der Waals surface area contributed by atoms with Crippen molar-refractivity contribution < 1.29 is 123 Å². The molecule has 11 rings (SSSR count). The van der Waals surface area contributed by atoms with E-state index in [1.807, 2.05) is 13.8 Å². The number of phenolic OH excluding ortho intramolecular Hbond substituents is 3. The molecular formula is C68H77Cl3N8O25. The topological polar surface area (TPSA) is 525 Å². The maximum Gasteiger partial charge on any atom is 0.330 e. The molecule has 4 aromatic carbocycles. The number of aliphatic hydroxyl groups is 6. The number of carbonyl (C=O) groups is 8. The van der Waals surface area contributed by atoms with Gasteiger partial charge in [-0.1, -0.05) is 60.8 Å². The van der Waals surface area contributed by atoms with E-state index in [1.165, 1.54) is 33.0 Å². The van der Waals surface area contributed by atoms with Crippen LogP contribution in [0.25, 0.3) is 11.1 Å². The highest BCUT2D eigenvalue weighted by Gasteiger charge is 2.51. The van der Waals surface area contributed by atoms with Crippen molar-refractivity contribution in [2.45, 2.75) is 169 Å². The number of fused-ring (bicyclic) bond motifs is 20. The maximum atomic E-state index is 15.4. The Morgan fingerprint density at radius 2 is 1.44 bits per heavy atom. The van der Waals surface area contributed by atoms with Gasteiger partial charge in [0.2, 0.25) is 47.5 Å². The smallest absolute Gasteiger partial charge is 0.330 e. The number of phenols is 3. The third kappa shape index (κ3) is 16.8. The minimum atomic E-state index is -2.27. The van der Waals surface area contributed by atoms with Gasteiger partial charge in [-0.15, -0.1) is 0 Å². The maximum absolute atomic E-state index is 15.4. The van der Waals surface area contributed by atoms with Gasteiger partial charge in [-0.25, -0.2) is 9.59 Å². The first kappa shape index (κ1) is 77.7. The van der Waals surface area contributed by atoms with Crippen LogP contribution in [0.1, 0.15) is 106 Å². The molecule has 6 aliphatic heterocycles. The van der Waals surface area contributed by atoms with E-state index in [2.05, 4.69) is 37.2 Å².